The number of nitrogens with two attached hydrogens (primary N) is 1. The van der Waals surface area contributed by atoms with Crippen LogP contribution in [0.25, 0.3) is 0 Å². The predicted molar refractivity (Wildman–Crippen MR) is 93.0 cm³/mol. The fourth-order valence-corrected chi connectivity index (χ4v) is 2.94. The third-order valence-electron chi connectivity index (χ3n) is 4.41. The summed E-state index contributed by atoms with van der Waals surface area (Å²) in [5.41, 5.74) is 6.55. The number of carboxylic acid groups (broad SMARTS) is 1. The standard InChI is InChI=1S/C17H24N4O4/c1-20(2)17(25)19-13-5-3-11(4-6-13)14(16(23)24)21-9-7-12(8-10-21)15(18)22/h3-6,12,14H,7-10H2,1-2H3,(H2,18,22)(H,19,25)(H,23,24)/t14-/m0/s1. The summed E-state index contributed by atoms with van der Waals surface area (Å²) in [6.07, 6.45) is 1.13. The molecule has 0 spiro atoms. The molecule has 1 aromatic carbocycles. The second kappa shape index (κ2) is 7.98. The van der Waals surface area contributed by atoms with Gasteiger partial charge in [0.05, 0.1) is 0 Å². The van der Waals surface area contributed by atoms with E-state index >= 15 is 0 Å². The minimum atomic E-state index is -0.942. The second-order valence-corrected chi connectivity index (χ2v) is 6.40. The van der Waals surface area contributed by atoms with Crippen molar-refractivity contribution in [3.8, 4) is 0 Å². The van der Waals surface area contributed by atoms with Crippen molar-refractivity contribution in [1.82, 2.24) is 9.80 Å². The molecule has 1 fully saturated rings. The van der Waals surface area contributed by atoms with E-state index in [1.165, 1.54) is 4.90 Å². The Morgan fingerprint density at radius 3 is 2.20 bits per heavy atom. The summed E-state index contributed by atoms with van der Waals surface area (Å²) in [7, 11) is 3.28. The molecular weight excluding hydrogens is 324 g/mol. The Kier molecular flexibility index (Phi) is 5.97. The number of hydrogen-bond acceptors (Lipinski definition) is 4. The molecule has 1 aliphatic heterocycles. The number of carbonyl (C=O) groups is 3. The van der Waals surface area contributed by atoms with E-state index in [0.29, 0.717) is 37.2 Å². The van der Waals surface area contributed by atoms with E-state index in [9.17, 15) is 19.5 Å². The molecule has 8 nitrogen and oxygen atoms in total. The SMILES string of the molecule is CN(C)C(=O)Nc1ccc([C@@H](C(=O)O)N2CCC(C(N)=O)CC2)cc1. The van der Waals surface area contributed by atoms with Gasteiger partial charge in [-0.15, -0.1) is 0 Å². The monoisotopic (exact) mass is 348 g/mol. The Morgan fingerprint density at radius 2 is 1.76 bits per heavy atom. The van der Waals surface area contributed by atoms with Crippen LogP contribution in [0.1, 0.15) is 24.4 Å². The highest BCUT2D eigenvalue weighted by Gasteiger charge is 2.32. The van der Waals surface area contributed by atoms with Gasteiger partial charge in [-0.1, -0.05) is 12.1 Å². The second-order valence-electron chi connectivity index (χ2n) is 6.40. The fraction of sp³-hybridized carbons (Fsp3) is 0.471. The zero-order valence-corrected chi connectivity index (χ0v) is 14.4. The zero-order valence-electron chi connectivity index (χ0n) is 14.4. The molecule has 3 amide bonds. The third kappa shape index (κ3) is 4.69. The molecule has 0 aliphatic carbocycles. The highest BCUT2D eigenvalue weighted by atomic mass is 16.4. The molecule has 0 bridgehead atoms. The topological polar surface area (TPSA) is 116 Å². The van der Waals surface area contributed by atoms with Crippen LogP contribution in [0.3, 0.4) is 0 Å². The third-order valence-corrected chi connectivity index (χ3v) is 4.41. The summed E-state index contributed by atoms with van der Waals surface area (Å²) in [5, 5.41) is 12.3. The maximum absolute atomic E-state index is 11.8. The van der Waals surface area contributed by atoms with E-state index in [-0.39, 0.29) is 17.9 Å². The highest BCUT2D eigenvalue weighted by Crippen LogP contribution is 2.28. The molecule has 2 rings (SSSR count). The predicted octanol–water partition coefficient (Wildman–Crippen LogP) is 1.10. The smallest absolute Gasteiger partial charge is 0.325 e. The Morgan fingerprint density at radius 1 is 1.20 bits per heavy atom. The Balaban J connectivity index is 2.09. The molecule has 1 saturated heterocycles. The minimum absolute atomic E-state index is 0.186. The molecule has 1 aliphatic rings. The number of likely N-dealkylation sites (tertiary alicyclic amines) is 1. The van der Waals surface area contributed by atoms with Crippen LogP contribution >= 0.6 is 0 Å². The van der Waals surface area contributed by atoms with Gasteiger partial charge in [-0.2, -0.15) is 0 Å². The van der Waals surface area contributed by atoms with Gasteiger partial charge in [-0.05, 0) is 30.5 Å². The first-order chi connectivity index (χ1) is 11.8. The molecule has 1 heterocycles. The number of nitrogens with zero attached hydrogens (tertiary/aromatic N) is 2. The molecule has 4 N–H and O–H groups in total. The molecule has 0 aromatic heterocycles. The summed E-state index contributed by atoms with van der Waals surface area (Å²) in [5.74, 6) is -1.45. The number of carbonyl (C=O) groups excluding carboxylic acids is 2. The zero-order chi connectivity index (χ0) is 18.6. The quantitative estimate of drug-likeness (QED) is 0.737. The number of urea groups is 1. The van der Waals surface area contributed by atoms with Crippen molar-refractivity contribution in [2.75, 3.05) is 32.5 Å². The molecule has 136 valence electrons. The lowest BCUT2D eigenvalue weighted by molar-refractivity contribution is -0.144. The first-order valence-electron chi connectivity index (χ1n) is 8.14. The van der Waals surface area contributed by atoms with Crippen LogP contribution in [-0.4, -0.2) is 60.0 Å². The Hall–Kier alpha value is -2.61. The van der Waals surface area contributed by atoms with Gasteiger partial charge in [0.2, 0.25) is 5.91 Å². The van der Waals surface area contributed by atoms with Crippen molar-refractivity contribution in [3.63, 3.8) is 0 Å². The van der Waals surface area contributed by atoms with Crippen LogP contribution in [0.4, 0.5) is 10.5 Å². The molecular formula is C17H24N4O4. The van der Waals surface area contributed by atoms with E-state index in [0.717, 1.165) is 0 Å². The lowest BCUT2D eigenvalue weighted by atomic mass is 9.93. The number of piperidine rings is 1. The number of nitrogens with one attached hydrogen (secondary N) is 1. The summed E-state index contributed by atoms with van der Waals surface area (Å²) in [4.78, 5) is 37.9. The first kappa shape index (κ1) is 18.7. The van der Waals surface area contributed by atoms with E-state index in [4.69, 9.17) is 5.73 Å². The molecule has 25 heavy (non-hydrogen) atoms. The maximum atomic E-state index is 11.8. The van der Waals surface area contributed by atoms with Crippen molar-refractivity contribution in [2.45, 2.75) is 18.9 Å². The number of carboxylic acids is 1. The molecule has 0 radical (unpaired) electrons. The largest absolute Gasteiger partial charge is 0.480 e. The van der Waals surface area contributed by atoms with E-state index in [2.05, 4.69) is 5.32 Å². The van der Waals surface area contributed by atoms with Crippen LogP contribution in [0.5, 0.6) is 0 Å². The van der Waals surface area contributed by atoms with Crippen LogP contribution in [-0.2, 0) is 9.59 Å². The normalized spacial score (nSPS) is 16.9. The van der Waals surface area contributed by atoms with Gasteiger partial charge in [0.1, 0.15) is 6.04 Å². The minimum Gasteiger partial charge on any atom is -0.480 e. The molecule has 1 atom stereocenters. The van der Waals surface area contributed by atoms with E-state index in [1.807, 2.05) is 4.90 Å². The van der Waals surface area contributed by atoms with Crippen LogP contribution < -0.4 is 11.1 Å². The molecule has 0 unspecified atom stereocenters. The fourth-order valence-electron chi connectivity index (χ4n) is 2.94. The lowest BCUT2D eigenvalue weighted by Gasteiger charge is -2.34. The van der Waals surface area contributed by atoms with Crippen LogP contribution in [0.15, 0.2) is 24.3 Å². The van der Waals surface area contributed by atoms with Crippen molar-refractivity contribution < 1.29 is 19.5 Å². The molecule has 0 saturated carbocycles. The van der Waals surface area contributed by atoms with Crippen molar-refractivity contribution in [1.29, 1.82) is 0 Å². The number of anilines is 1. The highest BCUT2D eigenvalue weighted by molar-refractivity contribution is 5.89. The maximum Gasteiger partial charge on any atom is 0.325 e. The van der Waals surface area contributed by atoms with Crippen molar-refractivity contribution in [2.24, 2.45) is 11.7 Å². The molecule has 1 aromatic rings. The average molecular weight is 348 g/mol. The van der Waals surface area contributed by atoms with Crippen molar-refractivity contribution in [3.05, 3.63) is 29.8 Å². The van der Waals surface area contributed by atoms with Gasteiger partial charge >= 0.3 is 12.0 Å². The van der Waals surface area contributed by atoms with Crippen LogP contribution in [0.2, 0.25) is 0 Å². The first-order valence-corrected chi connectivity index (χ1v) is 8.14. The Bertz CT molecular complexity index is 637. The summed E-state index contributed by atoms with van der Waals surface area (Å²) in [6, 6.07) is 5.73. The summed E-state index contributed by atoms with van der Waals surface area (Å²) in [6.45, 7) is 1.01. The van der Waals surface area contributed by atoms with Gasteiger partial charge in [-0.3, -0.25) is 14.5 Å². The summed E-state index contributed by atoms with van der Waals surface area (Å²) < 4.78 is 0. The summed E-state index contributed by atoms with van der Waals surface area (Å²) >= 11 is 0. The molecule has 8 heteroatoms. The van der Waals surface area contributed by atoms with Crippen molar-refractivity contribution >= 4 is 23.6 Å². The number of rotatable bonds is 5. The lowest BCUT2D eigenvalue weighted by Crippen LogP contribution is -2.42. The number of amides is 3. The number of primary amides is 1. The van der Waals surface area contributed by atoms with Gasteiger partial charge in [0, 0.05) is 38.8 Å². The average Bonchev–Trinajstić information content (AvgIpc) is 2.56. The van der Waals surface area contributed by atoms with Gasteiger partial charge in [-0.25, -0.2) is 4.79 Å². The van der Waals surface area contributed by atoms with Gasteiger partial charge < -0.3 is 21.1 Å². The number of benzene rings is 1. The van der Waals surface area contributed by atoms with Gasteiger partial charge in [0.25, 0.3) is 0 Å². The number of hydrogen-bond donors (Lipinski definition) is 3. The Labute approximate surface area is 146 Å². The van der Waals surface area contributed by atoms with E-state index < -0.39 is 12.0 Å². The van der Waals surface area contributed by atoms with Crippen LogP contribution in [0, 0.1) is 5.92 Å². The van der Waals surface area contributed by atoms with E-state index in [1.54, 1.807) is 38.4 Å². The number of aliphatic carboxylic acids is 1. The van der Waals surface area contributed by atoms with Gasteiger partial charge in [0.15, 0.2) is 0 Å².